The monoisotopic (exact) mass is 293 g/mol. The van der Waals surface area contributed by atoms with Gasteiger partial charge in [-0.15, -0.1) is 0 Å². The number of H-pyrrole nitrogens is 1. The zero-order chi connectivity index (χ0) is 13.5. The van der Waals surface area contributed by atoms with Gasteiger partial charge >= 0.3 is 4.87 Å². The standard InChI is InChI=1S/C9H15N3O4S2/c1-5-8(17-9(14)11-5)18(15,16)12(2)6-3-10-4-7(6)13/h6-7,10,13H,3-4H2,1-2H3,(H,11,14)/t6-,7-/m0/s1. The number of hydrogen-bond acceptors (Lipinski definition) is 6. The van der Waals surface area contributed by atoms with E-state index in [1.54, 1.807) is 6.92 Å². The number of aromatic nitrogens is 1. The van der Waals surface area contributed by atoms with E-state index in [-0.39, 0.29) is 4.21 Å². The largest absolute Gasteiger partial charge is 0.390 e. The molecule has 0 aromatic carbocycles. The van der Waals surface area contributed by atoms with E-state index in [0.29, 0.717) is 30.1 Å². The van der Waals surface area contributed by atoms with Gasteiger partial charge < -0.3 is 15.4 Å². The molecule has 7 nitrogen and oxygen atoms in total. The minimum Gasteiger partial charge on any atom is -0.390 e. The molecule has 1 aromatic heterocycles. The van der Waals surface area contributed by atoms with Crippen LogP contribution in [0.3, 0.4) is 0 Å². The summed E-state index contributed by atoms with van der Waals surface area (Å²) < 4.78 is 25.8. The molecule has 2 atom stereocenters. The quantitative estimate of drug-likeness (QED) is 0.643. The topological polar surface area (TPSA) is 102 Å². The van der Waals surface area contributed by atoms with Crippen molar-refractivity contribution in [3.63, 3.8) is 0 Å². The average Bonchev–Trinajstić information content (AvgIpc) is 2.83. The van der Waals surface area contributed by atoms with Crippen LogP contribution < -0.4 is 10.2 Å². The maximum Gasteiger partial charge on any atom is 0.305 e. The lowest BCUT2D eigenvalue weighted by Gasteiger charge is -2.25. The number of likely N-dealkylation sites (N-methyl/N-ethyl adjacent to an activating group) is 1. The molecule has 1 aromatic rings. The second-order valence-corrected chi connectivity index (χ2v) is 7.42. The predicted molar refractivity (Wildman–Crippen MR) is 67.3 cm³/mol. The molecule has 0 unspecified atom stereocenters. The summed E-state index contributed by atoms with van der Waals surface area (Å²) in [6, 6.07) is -0.508. The first-order chi connectivity index (χ1) is 8.34. The SMILES string of the molecule is Cc1[nH]c(=O)sc1S(=O)(=O)N(C)[C@H]1CNC[C@@H]1O. The Morgan fingerprint density at radius 1 is 1.44 bits per heavy atom. The Morgan fingerprint density at radius 2 is 2.11 bits per heavy atom. The molecule has 3 N–H and O–H groups in total. The summed E-state index contributed by atoms with van der Waals surface area (Å²) in [6.45, 7) is 2.31. The predicted octanol–water partition coefficient (Wildman–Crippen LogP) is -1.30. The Kier molecular flexibility index (Phi) is 3.60. The number of aromatic amines is 1. The van der Waals surface area contributed by atoms with Gasteiger partial charge in [0, 0.05) is 25.8 Å². The normalized spacial score (nSPS) is 24.9. The second kappa shape index (κ2) is 4.74. The molecule has 0 aliphatic carbocycles. The molecule has 9 heteroatoms. The second-order valence-electron chi connectivity index (χ2n) is 4.24. The van der Waals surface area contributed by atoms with Crippen molar-refractivity contribution in [1.29, 1.82) is 0 Å². The van der Waals surface area contributed by atoms with Crippen molar-refractivity contribution >= 4 is 21.4 Å². The molecule has 102 valence electrons. The number of β-amino-alcohol motifs (C(OH)–C–C–N with tert-alkyl or cyclic N) is 1. The van der Waals surface area contributed by atoms with Crippen LogP contribution in [0.4, 0.5) is 0 Å². The molecule has 0 bridgehead atoms. The van der Waals surface area contributed by atoms with Crippen LogP contribution in [0.25, 0.3) is 0 Å². The van der Waals surface area contributed by atoms with E-state index in [1.165, 1.54) is 7.05 Å². The number of thiazole rings is 1. The van der Waals surface area contributed by atoms with Crippen LogP contribution in [0.2, 0.25) is 0 Å². The summed E-state index contributed by atoms with van der Waals surface area (Å²) in [5.74, 6) is 0. The van der Waals surface area contributed by atoms with E-state index in [4.69, 9.17) is 0 Å². The fourth-order valence-electron chi connectivity index (χ4n) is 1.97. The minimum absolute atomic E-state index is 0.00843. The van der Waals surface area contributed by atoms with Crippen molar-refractivity contribution in [2.24, 2.45) is 0 Å². The Bertz CT molecular complexity index is 591. The number of aliphatic hydroxyl groups is 1. The van der Waals surface area contributed by atoms with Gasteiger partial charge in [0.05, 0.1) is 12.1 Å². The first-order valence-corrected chi connectivity index (χ1v) is 7.66. The zero-order valence-corrected chi connectivity index (χ0v) is 11.6. The van der Waals surface area contributed by atoms with Gasteiger partial charge in [0.1, 0.15) is 0 Å². The van der Waals surface area contributed by atoms with Gasteiger partial charge in [0.25, 0.3) is 10.0 Å². The molecular formula is C9H15N3O4S2. The average molecular weight is 293 g/mol. The highest BCUT2D eigenvalue weighted by atomic mass is 32.2. The maximum atomic E-state index is 12.3. The van der Waals surface area contributed by atoms with E-state index in [2.05, 4.69) is 10.3 Å². The summed E-state index contributed by atoms with van der Waals surface area (Å²) in [6.07, 6.45) is -0.735. The summed E-state index contributed by atoms with van der Waals surface area (Å²) in [5.41, 5.74) is 0.331. The fraction of sp³-hybridized carbons (Fsp3) is 0.667. The number of aliphatic hydroxyl groups excluding tert-OH is 1. The van der Waals surface area contributed by atoms with Crippen LogP contribution in [0.1, 0.15) is 5.69 Å². The van der Waals surface area contributed by atoms with E-state index >= 15 is 0 Å². The van der Waals surface area contributed by atoms with Gasteiger partial charge in [-0.1, -0.05) is 11.3 Å². The lowest BCUT2D eigenvalue weighted by atomic mass is 10.2. The molecule has 0 spiro atoms. The molecule has 0 radical (unpaired) electrons. The van der Waals surface area contributed by atoms with Crippen molar-refractivity contribution in [1.82, 2.24) is 14.6 Å². The molecule has 1 fully saturated rings. The van der Waals surface area contributed by atoms with Gasteiger partial charge in [-0.05, 0) is 6.92 Å². The number of aryl methyl sites for hydroxylation is 1. The number of nitrogens with one attached hydrogen (secondary N) is 2. The molecular weight excluding hydrogens is 278 g/mol. The van der Waals surface area contributed by atoms with Gasteiger partial charge in [-0.25, -0.2) is 8.42 Å². The number of sulfonamides is 1. The van der Waals surface area contributed by atoms with Crippen LogP contribution >= 0.6 is 11.3 Å². The summed E-state index contributed by atoms with van der Waals surface area (Å²) in [7, 11) is -2.33. The Labute approximate surface area is 109 Å². The molecule has 0 saturated carbocycles. The van der Waals surface area contributed by atoms with Crippen LogP contribution in [-0.2, 0) is 10.0 Å². The van der Waals surface area contributed by atoms with Gasteiger partial charge in [0.15, 0.2) is 4.21 Å². The molecule has 0 amide bonds. The van der Waals surface area contributed by atoms with E-state index in [9.17, 15) is 18.3 Å². The van der Waals surface area contributed by atoms with Gasteiger partial charge in [-0.3, -0.25) is 4.79 Å². The van der Waals surface area contributed by atoms with Crippen molar-refractivity contribution in [2.75, 3.05) is 20.1 Å². The number of hydrogen-bond donors (Lipinski definition) is 3. The molecule has 1 aliphatic heterocycles. The minimum atomic E-state index is -3.74. The number of nitrogens with zero attached hydrogens (tertiary/aromatic N) is 1. The van der Waals surface area contributed by atoms with E-state index < -0.39 is 27.0 Å². The Balaban J connectivity index is 2.37. The van der Waals surface area contributed by atoms with Crippen molar-refractivity contribution < 1.29 is 13.5 Å². The Morgan fingerprint density at radius 3 is 2.56 bits per heavy atom. The molecule has 18 heavy (non-hydrogen) atoms. The van der Waals surface area contributed by atoms with Crippen LogP contribution in [-0.4, -0.2) is 55.1 Å². The van der Waals surface area contributed by atoms with Crippen molar-refractivity contribution in [2.45, 2.75) is 23.3 Å². The lowest BCUT2D eigenvalue weighted by Crippen LogP contribution is -2.44. The van der Waals surface area contributed by atoms with E-state index in [1.807, 2.05) is 0 Å². The number of rotatable bonds is 3. The maximum absolute atomic E-state index is 12.3. The zero-order valence-electron chi connectivity index (χ0n) is 10.0. The van der Waals surface area contributed by atoms with Gasteiger partial charge in [-0.2, -0.15) is 4.31 Å². The van der Waals surface area contributed by atoms with Crippen LogP contribution in [0.15, 0.2) is 9.00 Å². The van der Waals surface area contributed by atoms with Crippen molar-refractivity contribution in [3.05, 3.63) is 15.4 Å². The Hall–Kier alpha value is -0.740. The molecule has 2 rings (SSSR count). The molecule has 1 aliphatic rings. The highest BCUT2D eigenvalue weighted by Crippen LogP contribution is 2.23. The highest BCUT2D eigenvalue weighted by Gasteiger charge is 2.37. The van der Waals surface area contributed by atoms with Crippen molar-refractivity contribution in [3.8, 4) is 0 Å². The fourth-order valence-corrected chi connectivity index (χ4v) is 4.82. The molecule has 1 saturated heterocycles. The summed E-state index contributed by atoms with van der Waals surface area (Å²) in [4.78, 5) is 13.2. The van der Waals surface area contributed by atoms with Crippen LogP contribution in [0.5, 0.6) is 0 Å². The smallest absolute Gasteiger partial charge is 0.305 e. The third-order valence-electron chi connectivity index (χ3n) is 3.01. The third-order valence-corrected chi connectivity index (χ3v) is 6.48. The first kappa shape index (κ1) is 13.7. The third kappa shape index (κ3) is 2.24. The first-order valence-electron chi connectivity index (χ1n) is 5.40. The van der Waals surface area contributed by atoms with Crippen LogP contribution in [0, 0.1) is 6.92 Å². The lowest BCUT2D eigenvalue weighted by molar-refractivity contribution is 0.136. The van der Waals surface area contributed by atoms with Gasteiger partial charge in [0.2, 0.25) is 0 Å². The summed E-state index contributed by atoms with van der Waals surface area (Å²) in [5, 5.41) is 12.6. The summed E-state index contributed by atoms with van der Waals surface area (Å²) >= 11 is 0.667. The highest BCUT2D eigenvalue weighted by molar-refractivity contribution is 7.91. The molecule has 2 heterocycles. The van der Waals surface area contributed by atoms with E-state index in [0.717, 1.165) is 4.31 Å².